The molecule has 0 radical (unpaired) electrons. The molecule has 0 fully saturated rings. The monoisotopic (exact) mass is 600 g/mol. The Bertz CT molecular complexity index is 848. The minimum Gasteiger partial charge on any atom is -0.376 e. The summed E-state index contributed by atoms with van der Waals surface area (Å²) in [5, 5.41) is 0. The normalized spacial score (nSPS) is 8.24. The molecule has 0 N–H and O–H groups in total. The molecule has 0 saturated carbocycles. The molecule has 4 aromatic carbocycles. The van der Waals surface area contributed by atoms with E-state index in [0.29, 0.717) is 22.3 Å². The molecular formula is C28H20HfO4. The van der Waals surface area contributed by atoms with E-state index in [1.165, 1.54) is 0 Å². The van der Waals surface area contributed by atoms with Crippen LogP contribution in [0.5, 0.6) is 0 Å². The van der Waals surface area contributed by atoms with Gasteiger partial charge in [0.2, 0.25) is 0 Å². The van der Waals surface area contributed by atoms with Gasteiger partial charge >= 0.3 is 25.8 Å². The van der Waals surface area contributed by atoms with E-state index in [4.69, 9.17) is 0 Å². The molecule has 4 nitrogen and oxygen atoms in total. The molecule has 0 saturated heterocycles. The van der Waals surface area contributed by atoms with Crippen LogP contribution in [0.2, 0.25) is 0 Å². The topological polar surface area (TPSA) is 68.3 Å². The average Bonchev–Trinajstić information content (AvgIpc) is 2.91. The molecule has 4 aromatic rings. The van der Waals surface area contributed by atoms with E-state index in [0.717, 1.165) is 0 Å². The Kier molecular flexibility index (Phi) is 18.1. The van der Waals surface area contributed by atoms with E-state index in [-0.39, 0.29) is 25.8 Å². The van der Waals surface area contributed by atoms with E-state index in [1.54, 1.807) is 122 Å². The SMILES string of the molecule is O=[C-]c1ccccc1.O=[C-]c1ccccc1.O=[C-]c1ccccc1.O=[C-]c1ccccc1.[Hf+4]. The zero-order chi connectivity index (χ0) is 23.3. The number of rotatable bonds is 4. The van der Waals surface area contributed by atoms with Gasteiger partial charge in [0.05, 0.1) is 25.1 Å². The molecule has 0 bridgehead atoms. The second-order valence-electron chi connectivity index (χ2n) is 5.87. The number of carbonyl (C=O) groups excluding carboxylic acids is 4. The van der Waals surface area contributed by atoms with Gasteiger partial charge in [-0.1, -0.05) is 24.3 Å². The summed E-state index contributed by atoms with van der Waals surface area (Å²) < 4.78 is 0. The molecule has 0 atom stereocenters. The predicted octanol–water partition coefficient (Wildman–Crippen LogP) is 4.58. The van der Waals surface area contributed by atoms with Gasteiger partial charge in [-0.15, -0.1) is 48.5 Å². The quantitative estimate of drug-likeness (QED) is 0.255. The fourth-order valence-corrected chi connectivity index (χ4v) is 2.02. The Labute approximate surface area is 213 Å². The summed E-state index contributed by atoms with van der Waals surface area (Å²) >= 11 is 0. The molecule has 33 heavy (non-hydrogen) atoms. The molecular weight excluding hydrogens is 579 g/mol. The summed E-state index contributed by atoms with van der Waals surface area (Å²) in [5.74, 6) is 0. The molecule has 0 aliphatic carbocycles. The molecule has 0 aromatic heterocycles. The first-order valence-corrected chi connectivity index (χ1v) is 9.46. The van der Waals surface area contributed by atoms with Crippen LogP contribution in [0, 0.1) is 0 Å². The van der Waals surface area contributed by atoms with E-state index in [1.807, 2.05) is 24.3 Å². The third kappa shape index (κ3) is 15.0. The number of hydrogen-bond donors (Lipinski definition) is 0. The van der Waals surface area contributed by atoms with Gasteiger partial charge < -0.3 is 19.2 Å². The first kappa shape index (κ1) is 29.4. The third-order valence-electron chi connectivity index (χ3n) is 3.57. The number of hydrogen-bond acceptors (Lipinski definition) is 4. The molecule has 0 aliphatic heterocycles. The summed E-state index contributed by atoms with van der Waals surface area (Å²) in [6.07, 6.45) is 7.11. The summed E-state index contributed by atoms with van der Waals surface area (Å²) in [6.45, 7) is 0. The Morgan fingerprint density at radius 1 is 0.303 bits per heavy atom. The van der Waals surface area contributed by atoms with Gasteiger partial charge in [0.15, 0.2) is 0 Å². The van der Waals surface area contributed by atoms with Crippen molar-refractivity contribution in [3.05, 3.63) is 144 Å². The van der Waals surface area contributed by atoms with Crippen LogP contribution >= 0.6 is 0 Å². The first-order chi connectivity index (χ1) is 15.7. The van der Waals surface area contributed by atoms with Gasteiger partial charge in [0.1, 0.15) is 0 Å². The van der Waals surface area contributed by atoms with Crippen molar-refractivity contribution in [2.45, 2.75) is 0 Å². The van der Waals surface area contributed by atoms with E-state index in [2.05, 4.69) is 0 Å². The maximum absolute atomic E-state index is 9.88. The van der Waals surface area contributed by atoms with Crippen LogP contribution in [0.1, 0.15) is 22.3 Å². The van der Waals surface area contributed by atoms with Crippen molar-refractivity contribution in [2.75, 3.05) is 0 Å². The van der Waals surface area contributed by atoms with Crippen molar-refractivity contribution in [3.63, 3.8) is 0 Å². The number of benzene rings is 4. The summed E-state index contributed by atoms with van der Waals surface area (Å²) in [5.41, 5.74) is 2.42. The van der Waals surface area contributed by atoms with Crippen LogP contribution in [0.25, 0.3) is 0 Å². The van der Waals surface area contributed by atoms with Crippen LogP contribution in [0.3, 0.4) is 0 Å². The van der Waals surface area contributed by atoms with Crippen LogP contribution < -0.4 is 0 Å². The zero-order valence-corrected chi connectivity index (χ0v) is 21.3. The average molecular weight is 599 g/mol. The minimum absolute atomic E-state index is 0. The maximum atomic E-state index is 9.88. The standard InChI is InChI=1S/4C7H5O.Hf/c4*8-6-7-4-2-1-3-5-7;/h4*1-5H;/q4*-1;+4. The molecule has 0 aliphatic rings. The van der Waals surface area contributed by atoms with Crippen molar-refractivity contribution >= 4 is 25.1 Å². The summed E-state index contributed by atoms with van der Waals surface area (Å²) in [4.78, 5) is 39.5. The van der Waals surface area contributed by atoms with Gasteiger partial charge in [0.25, 0.3) is 0 Å². The smallest absolute Gasteiger partial charge is 0.376 e. The first-order valence-electron chi connectivity index (χ1n) is 9.46. The van der Waals surface area contributed by atoms with Crippen LogP contribution in [-0.4, -0.2) is 25.1 Å². The van der Waals surface area contributed by atoms with Crippen molar-refractivity contribution in [1.82, 2.24) is 0 Å². The molecule has 0 spiro atoms. The minimum atomic E-state index is 0. The van der Waals surface area contributed by atoms with Crippen LogP contribution in [0.4, 0.5) is 0 Å². The fraction of sp³-hybridized carbons (Fsp3) is 0. The Balaban J connectivity index is 0.000000410. The van der Waals surface area contributed by atoms with Crippen molar-refractivity contribution in [1.29, 1.82) is 0 Å². The molecule has 5 heteroatoms. The van der Waals surface area contributed by atoms with E-state index < -0.39 is 0 Å². The van der Waals surface area contributed by atoms with E-state index >= 15 is 0 Å². The van der Waals surface area contributed by atoms with Crippen molar-refractivity contribution in [3.8, 4) is 0 Å². The zero-order valence-electron chi connectivity index (χ0n) is 17.7. The predicted molar refractivity (Wildman–Crippen MR) is 125 cm³/mol. The molecule has 160 valence electrons. The van der Waals surface area contributed by atoms with Gasteiger partial charge in [-0.2, -0.15) is 70.8 Å². The van der Waals surface area contributed by atoms with Crippen molar-refractivity contribution < 1.29 is 45.0 Å². The van der Waals surface area contributed by atoms with Crippen LogP contribution in [0.15, 0.2) is 121 Å². The Hall–Kier alpha value is -3.57. The molecule has 0 unspecified atom stereocenters. The van der Waals surface area contributed by atoms with Crippen LogP contribution in [-0.2, 0) is 45.0 Å². The largest absolute Gasteiger partial charge is 4.00 e. The van der Waals surface area contributed by atoms with Gasteiger partial charge in [-0.3, -0.25) is 0 Å². The Morgan fingerprint density at radius 2 is 0.455 bits per heavy atom. The fourth-order valence-electron chi connectivity index (χ4n) is 2.02. The van der Waals surface area contributed by atoms with Crippen molar-refractivity contribution in [2.24, 2.45) is 0 Å². The Morgan fingerprint density at radius 3 is 0.545 bits per heavy atom. The van der Waals surface area contributed by atoms with E-state index in [9.17, 15) is 19.2 Å². The van der Waals surface area contributed by atoms with Gasteiger partial charge in [-0.05, 0) is 0 Å². The van der Waals surface area contributed by atoms with Gasteiger partial charge in [-0.25, -0.2) is 0 Å². The second kappa shape index (κ2) is 20.3. The van der Waals surface area contributed by atoms with Gasteiger partial charge in [0, 0.05) is 0 Å². The molecule has 4 rings (SSSR count). The summed E-state index contributed by atoms with van der Waals surface area (Å²) in [7, 11) is 0. The summed E-state index contributed by atoms with van der Waals surface area (Å²) in [6, 6.07) is 35.6. The second-order valence-corrected chi connectivity index (χ2v) is 5.87. The third-order valence-corrected chi connectivity index (χ3v) is 3.57. The molecule has 0 amide bonds. The maximum Gasteiger partial charge on any atom is 4.00 e. The molecule has 0 heterocycles.